The van der Waals surface area contributed by atoms with Crippen LogP contribution in [-0.4, -0.2) is 96.7 Å². The normalized spacial score (nSPS) is 13.9. The molecule has 0 spiro atoms. The van der Waals surface area contributed by atoms with Crippen molar-refractivity contribution in [2.75, 3.05) is 39.6 Å². The number of rotatable bonds is 83. The zero-order valence-electron chi connectivity index (χ0n) is 67.7. The first kappa shape index (κ1) is 102. The topological polar surface area (TPSA) is 237 Å². The maximum Gasteiger partial charge on any atom is 0.472 e. The second-order valence-corrected chi connectivity index (χ2v) is 33.3. The average molecular weight is 1520 g/mol. The molecule has 0 bridgehead atoms. The van der Waals surface area contributed by atoms with Gasteiger partial charge in [0.15, 0.2) is 12.2 Å². The molecular formula is C85H162O17P2. The van der Waals surface area contributed by atoms with Gasteiger partial charge in [0.1, 0.15) is 19.3 Å². The van der Waals surface area contributed by atoms with E-state index in [0.29, 0.717) is 25.7 Å². The molecular weight excluding hydrogens is 1350 g/mol. The van der Waals surface area contributed by atoms with Crippen molar-refractivity contribution in [1.29, 1.82) is 0 Å². The van der Waals surface area contributed by atoms with Crippen LogP contribution in [0, 0.1) is 5.92 Å². The van der Waals surface area contributed by atoms with Crippen molar-refractivity contribution < 1.29 is 80.2 Å². The Morgan fingerprint density at radius 3 is 0.788 bits per heavy atom. The molecule has 0 aromatic carbocycles. The Labute approximate surface area is 637 Å². The van der Waals surface area contributed by atoms with E-state index >= 15 is 0 Å². The van der Waals surface area contributed by atoms with Crippen molar-refractivity contribution in [3.63, 3.8) is 0 Å². The molecule has 17 nitrogen and oxygen atoms in total. The molecule has 0 rings (SSSR count). The number of phosphoric acid groups is 2. The number of unbranched alkanes of at least 4 members (excludes halogenated alkanes) is 52. The Morgan fingerprint density at radius 2 is 0.519 bits per heavy atom. The molecule has 0 saturated heterocycles. The SMILES string of the molecule is CCCCCC/C=C\C=C/CCCCCCCC(=O)O[C@H](COC(=O)CCCCCCCCCCC(C)C)COP(=O)(O)OC[C@H](O)COP(=O)(O)OC[C@@H](COC(=O)CCCCCCCCCCCCCCCCCCCCC)OC(=O)CCCCCCCCCCCCCCCCCCCCC. The Hall–Kier alpha value is -2.46. The van der Waals surface area contributed by atoms with Crippen LogP contribution in [0.3, 0.4) is 0 Å². The monoisotopic (exact) mass is 1520 g/mol. The Kier molecular flexibility index (Phi) is 75.4. The van der Waals surface area contributed by atoms with Gasteiger partial charge in [-0.2, -0.15) is 0 Å². The van der Waals surface area contributed by atoms with Crippen LogP contribution in [-0.2, 0) is 65.4 Å². The lowest BCUT2D eigenvalue weighted by atomic mass is 10.0. The fourth-order valence-electron chi connectivity index (χ4n) is 12.8. The highest BCUT2D eigenvalue weighted by Crippen LogP contribution is 2.45. The zero-order valence-corrected chi connectivity index (χ0v) is 69.4. The average Bonchev–Trinajstić information content (AvgIpc) is 0.907. The quantitative estimate of drug-likeness (QED) is 0.0169. The fourth-order valence-corrected chi connectivity index (χ4v) is 14.3. The lowest BCUT2D eigenvalue weighted by Gasteiger charge is -2.21. The van der Waals surface area contributed by atoms with E-state index in [9.17, 15) is 43.2 Å². The third-order valence-corrected chi connectivity index (χ3v) is 21.3. The molecule has 614 valence electrons. The van der Waals surface area contributed by atoms with Gasteiger partial charge in [-0.05, 0) is 57.3 Å². The number of carbonyl (C=O) groups is 4. The molecule has 0 saturated carbocycles. The second-order valence-electron chi connectivity index (χ2n) is 30.4. The number of carbonyl (C=O) groups excluding carboxylic acids is 4. The third-order valence-electron chi connectivity index (χ3n) is 19.4. The van der Waals surface area contributed by atoms with Gasteiger partial charge in [0.05, 0.1) is 26.4 Å². The smallest absolute Gasteiger partial charge is 0.462 e. The van der Waals surface area contributed by atoms with E-state index in [1.54, 1.807) is 0 Å². The van der Waals surface area contributed by atoms with Gasteiger partial charge in [-0.3, -0.25) is 37.3 Å². The second kappa shape index (κ2) is 77.3. The lowest BCUT2D eigenvalue weighted by Crippen LogP contribution is -2.30. The van der Waals surface area contributed by atoms with E-state index in [4.69, 9.17) is 37.0 Å². The largest absolute Gasteiger partial charge is 0.472 e. The number of esters is 4. The number of phosphoric ester groups is 2. The fraction of sp³-hybridized carbons (Fsp3) is 0.906. The van der Waals surface area contributed by atoms with E-state index in [1.165, 1.54) is 244 Å². The predicted octanol–water partition coefficient (Wildman–Crippen LogP) is 25.5. The minimum atomic E-state index is -4.97. The molecule has 0 radical (unpaired) electrons. The summed E-state index contributed by atoms with van der Waals surface area (Å²) in [5, 5.41) is 10.7. The van der Waals surface area contributed by atoms with E-state index in [1.807, 2.05) is 0 Å². The maximum absolute atomic E-state index is 13.1. The molecule has 0 aromatic heterocycles. The Balaban J connectivity index is 5.27. The van der Waals surface area contributed by atoms with Gasteiger partial charge < -0.3 is 33.8 Å². The minimum Gasteiger partial charge on any atom is -0.462 e. The highest BCUT2D eigenvalue weighted by Gasteiger charge is 2.30. The minimum absolute atomic E-state index is 0.0850. The number of aliphatic hydroxyl groups is 1. The number of aliphatic hydroxyl groups excluding tert-OH is 1. The number of hydrogen-bond acceptors (Lipinski definition) is 15. The van der Waals surface area contributed by atoms with Crippen molar-refractivity contribution in [2.24, 2.45) is 5.92 Å². The van der Waals surface area contributed by atoms with Crippen molar-refractivity contribution in [2.45, 2.75) is 451 Å². The van der Waals surface area contributed by atoms with Crippen LogP contribution in [0.1, 0.15) is 433 Å². The standard InChI is InChI=1S/C85H162O17P2/c1-6-9-12-15-18-21-24-27-30-32-34-36-39-41-44-47-53-58-63-68-82(87)95-74-80(101-84(89)71-66-61-56-49-46-43-40-37-35-33-31-28-25-22-19-16-13-10-7-2)76-99-103(91,92)97-72-79(86)73-98-104(93,94)100-77-81(75-96-83(88)69-64-59-54-51-50-52-57-62-67-78(4)5)102-85(90)70-65-60-55-48-45-42-38-29-26-23-20-17-14-11-8-3/h23,26,29,38,78-81,86H,6-22,24-25,27-28,30-37,39-77H2,1-5H3,(H,91,92)(H,93,94)/b26-23-,38-29-/t79-,80-,81-/m1/s1. The summed E-state index contributed by atoms with van der Waals surface area (Å²) in [6.45, 7) is 7.25. The third kappa shape index (κ3) is 77.7. The number of hydrogen-bond donors (Lipinski definition) is 3. The molecule has 0 amide bonds. The zero-order chi connectivity index (χ0) is 76.2. The van der Waals surface area contributed by atoms with Gasteiger partial charge in [-0.15, -0.1) is 0 Å². The van der Waals surface area contributed by atoms with E-state index in [-0.39, 0.29) is 25.7 Å². The Bertz CT molecular complexity index is 2070. The van der Waals surface area contributed by atoms with Crippen molar-refractivity contribution in [3.05, 3.63) is 24.3 Å². The molecule has 0 aliphatic rings. The van der Waals surface area contributed by atoms with Gasteiger partial charge in [-0.25, -0.2) is 9.13 Å². The molecule has 19 heteroatoms. The van der Waals surface area contributed by atoms with Crippen LogP contribution in [0.15, 0.2) is 24.3 Å². The molecule has 5 atom stereocenters. The first-order valence-electron chi connectivity index (χ1n) is 43.5. The molecule has 2 unspecified atom stereocenters. The van der Waals surface area contributed by atoms with Crippen LogP contribution in [0.5, 0.6) is 0 Å². The van der Waals surface area contributed by atoms with Crippen LogP contribution in [0.2, 0.25) is 0 Å². The summed E-state index contributed by atoms with van der Waals surface area (Å²) in [7, 11) is -9.94. The predicted molar refractivity (Wildman–Crippen MR) is 428 cm³/mol. The summed E-state index contributed by atoms with van der Waals surface area (Å²) in [5.74, 6) is -1.41. The first-order valence-corrected chi connectivity index (χ1v) is 46.4. The maximum atomic E-state index is 13.1. The van der Waals surface area contributed by atoms with Gasteiger partial charge in [0, 0.05) is 25.7 Å². The molecule has 104 heavy (non-hydrogen) atoms. The lowest BCUT2D eigenvalue weighted by molar-refractivity contribution is -0.161. The van der Waals surface area contributed by atoms with E-state index in [2.05, 4.69) is 58.9 Å². The summed E-state index contributed by atoms with van der Waals surface area (Å²) < 4.78 is 68.8. The van der Waals surface area contributed by atoms with E-state index in [0.717, 1.165) is 109 Å². The molecule has 0 fully saturated rings. The number of allylic oxidation sites excluding steroid dienone is 4. The highest BCUT2D eigenvalue weighted by molar-refractivity contribution is 7.47. The van der Waals surface area contributed by atoms with Crippen LogP contribution >= 0.6 is 15.6 Å². The first-order chi connectivity index (χ1) is 50.5. The van der Waals surface area contributed by atoms with E-state index < -0.39 is 97.5 Å². The number of ether oxygens (including phenoxy) is 4. The highest BCUT2D eigenvalue weighted by atomic mass is 31.2. The van der Waals surface area contributed by atoms with Crippen LogP contribution < -0.4 is 0 Å². The molecule has 0 aliphatic carbocycles. The van der Waals surface area contributed by atoms with Gasteiger partial charge in [0.2, 0.25) is 0 Å². The van der Waals surface area contributed by atoms with Gasteiger partial charge >= 0.3 is 39.5 Å². The molecule has 0 aromatic rings. The summed E-state index contributed by atoms with van der Waals surface area (Å²) >= 11 is 0. The van der Waals surface area contributed by atoms with Crippen molar-refractivity contribution in [3.8, 4) is 0 Å². The molecule has 0 heterocycles. The van der Waals surface area contributed by atoms with Crippen LogP contribution in [0.25, 0.3) is 0 Å². The van der Waals surface area contributed by atoms with Gasteiger partial charge in [0.25, 0.3) is 0 Å². The van der Waals surface area contributed by atoms with Crippen LogP contribution in [0.4, 0.5) is 0 Å². The molecule has 0 aliphatic heterocycles. The van der Waals surface area contributed by atoms with Gasteiger partial charge in [-0.1, -0.05) is 380 Å². The Morgan fingerprint density at radius 1 is 0.298 bits per heavy atom. The summed E-state index contributed by atoms with van der Waals surface area (Å²) in [6.07, 6.45) is 73.1. The summed E-state index contributed by atoms with van der Waals surface area (Å²) in [5.41, 5.74) is 0. The summed E-state index contributed by atoms with van der Waals surface area (Å²) in [6, 6.07) is 0. The van der Waals surface area contributed by atoms with Crippen molar-refractivity contribution in [1.82, 2.24) is 0 Å². The molecule has 3 N–H and O–H groups in total. The summed E-state index contributed by atoms with van der Waals surface area (Å²) in [4.78, 5) is 73.2. The van der Waals surface area contributed by atoms with Crippen molar-refractivity contribution >= 4 is 39.5 Å².